The van der Waals surface area contributed by atoms with Gasteiger partial charge in [0.1, 0.15) is 17.2 Å². The van der Waals surface area contributed by atoms with Crippen molar-refractivity contribution in [2.45, 2.75) is 50.7 Å². The fourth-order valence-corrected chi connectivity index (χ4v) is 4.44. The van der Waals surface area contributed by atoms with E-state index in [1.807, 2.05) is 24.3 Å². The maximum Gasteiger partial charge on any atom is 0.573 e. The van der Waals surface area contributed by atoms with Gasteiger partial charge in [-0.15, -0.1) is 13.2 Å². The van der Waals surface area contributed by atoms with Crippen LogP contribution in [0.4, 0.5) is 18.9 Å². The molecule has 1 aromatic heterocycles. The van der Waals surface area contributed by atoms with Crippen molar-refractivity contribution in [3.63, 3.8) is 0 Å². The molecule has 6 nitrogen and oxygen atoms in total. The summed E-state index contributed by atoms with van der Waals surface area (Å²) in [6.45, 7) is 1.84. The van der Waals surface area contributed by atoms with Gasteiger partial charge in [0.2, 0.25) is 0 Å². The van der Waals surface area contributed by atoms with Crippen LogP contribution in [-0.4, -0.2) is 30.7 Å². The second-order valence-corrected chi connectivity index (χ2v) is 8.85. The molecule has 0 N–H and O–H groups in total. The summed E-state index contributed by atoms with van der Waals surface area (Å²) in [5.41, 5.74) is 2.96. The molecule has 1 saturated heterocycles. The van der Waals surface area contributed by atoms with E-state index in [4.69, 9.17) is 14.5 Å². The molecule has 0 amide bonds. The van der Waals surface area contributed by atoms with Crippen molar-refractivity contribution in [2.75, 3.05) is 18.0 Å². The normalized spacial score (nSPS) is 16.8. The number of benzene rings is 2. The minimum atomic E-state index is -4.81. The third-order valence-corrected chi connectivity index (χ3v) is 6.40. The highest BCUT2D eigenvalue weighted by Crippen LogP contribution is 2.45. The predicted octanol–water partition coefficient (Wildman–Crippen LogP) is 6.17. The molecule has 0 radical (unpaired) electrons. The molecule has 0 bridgehead atoms. The fourth-order valence-electron chi connectivity index (χ4n) is 4.44. The van der Waals surface area contributed by atoms with Crippen molar-refractivity contribution in [3.8, 4) is 23.1 Å². The van der Waals surface area contributed by atoms with Crippen LogP contribution >= 0.6 is 0 Å². The molecule has 2 heterocycles. The molecule has 1 aliphatic heterocycles. The number of nitriles is 1. The Labute approximate surface area is 200 Å². The number of piperidine rings is 1. The van der Waals surface area contributed by atoms with Gasteiger partial charge in [0.25, 0.3) is 0 Å². The van der Waals surface area contributed by atoms with Crippen molar-refractivity contribution in [1.29, 1.82) is 5.26 Å². The zero-order valence-electron chi connectivity index (χ0n) is 18.9. The Morgan fingerprint density at radius 1 is 1.03 bits per heavy atom. The summed E-state index contributed by atoms with van der Waals surface area (Å²) in [4.78, 5) is 2.26. The van der Waals surface area contributed by atoms with Crippen LogP contribution in [0.2, 0.25) is 0 Å². The summed E-state index contributed by atoms with van der Waals surface area (Å²) in [7, 11) is 0. The number of aromatic nitrogens is 1. The Hall–Kier alpha value is -3.51. The third kappa shape index (κ3) is 5.43. The number of ether oxygens (including phenoxy) is 2. The summed E-state index contributed by atoms with van der Waals surface area (Å²) in [5, 5.41) is 13.1. The first-order valence-corrected chi connectivity index (χ1v) is 11.6. The number of alkyl halides is 3. The molecule has 0 atom stereocenters. The van der Waals surface area contributed by atoms with Crippen molar-refractivity contribution < 1.29 is 27.2 Å². The van der Waals surface area contributed by atoms with Gasteiger partial charge in [0.05, 0.1) is 24.3 Å². The van der Waals surface area contributed by atoms with E-state index in [0.717, 1.165) is 44.5 Å². The number of halogens is 3. The van der Waals surface area contributed by atoms with E-state index in [9.17, 15) is 13.2 Å². The Bertz CT molecular complexity index is 1210. The standard InChI is InChI=1S/C26H24F3N3O3/c27-26(28,29)34-23-4-2-1-3-21(23)24-22(25(35-31-24)18-7-8-18)16-33-20-11-13-32(14-12-20)19-9-5-17(15-30)6-10-19/h1-6,9-10,18,20H,7-8,11-14,16H2. The van der Waals surface area contributed by atoms with Gasteiger partial charge in [0, 0.05) is 35.8 Å². The molecule has 2 aromatic carbocycles. The van der Waals surface area contributed by atoms with Crippen LogP contribution in [0.25, 0.3) is 11.3 Å². The number of nitrogens with zero attached hydrogens (tertiary/aromatic N) is 3. The predicted molar refractivity (Wildman–Crippen MR) is 122 cm³/mol. The molecule has 3 aromatic rings. The van der Waals surface area contributed by atoms with Gasteiger partial charge in [-0.1, -0.05) is 17.3 Å². The number of hydrogen-bond donors (Lipinski definition) is 0. The second kappa shape index (κ2) is 9.62. The molecule has 1 saturated carbocycles. The van der Waals surface area contributed by atoms with Crippen LogP contribution in [0.3, 0.4) is 0 Å². The van der Waals surface area contributed by atoms with Crippen molar-refractivity contribution in [3.05, 3.63) is 65.4 Å². The highest BCUT2D eigenvalue weighted by Gasteiger charge is 2.36. The minimum Gasteiger partial charge on any atom is -0.405 e. The zero-order chi connectivity index (χ0) is 24.4. The summed E-state index contributed by atoms with van der Waals surface area (Å²) in [6, 6.07) is 15.6. The van der Waals surface area contributed by atoms with E-state index in [2.05, 4.69) is 20.9 Å². The topological polar surface area (TPSA) is 71.5 Å². The number of rotatable bonds is 7. The van der Waals surface area contributed by atoms with Gasteiger partial charge < -0.3 is 18.9 Å². The molecule has 5 rings (SSSR count). The van der Waals surface area contributed by atoms with Gasteiger partial charge in [-0.2, -0.15) is 5.26 Å². The first kappa shape index (κ1) is 23.2. The molecular weight excluding hydrogens is 459 g/mol. The number of para-hydroxylation sites is 1. The molecule has 35 heavy (non-hydrogen) atoms. The molecule has 2 fully saturated rings. The Morgan fingerprint density at radius 3 is 2.40 bits per heavy atom. The highest BCUT2D eigenvalue weighted by molar-refractivity contribution is 5.70. The van der Waals surface area contributed by atoms with E-state index < -0.39 is 6.36 Å². The maximum absolute atomic E-state index is 13.0. The summed E-state index contributed by atoms with van der Waals surface area (Å²) in [5.74, 6) is 0.605. The van der Waals surface area contributed by atoms with Crippen LogP contribution in [0.5, 0.6) is 5.75 Å². The first-order valence-electron chi connectivity index (χ1n) is 11.6. The molecule has 9 heteroatoms. The largest absolute Gasteiger partial charge is 0.573 e. The van der Waals surface area contributed by atoms with Crippen molar-refractivity contribution >= 4 is 5.69 Å². The van der Waals surface area contributed by atoms with E-state index >= 15 is 0 Å². The quantitative estimate of drug-likeness (QED) is 0.400. The lowest BCUT2D eigenvalue weighted by atomic mass is 10.0. The Kier molecular flexibility index (Phi) is 6.39. The maximum atomic E-state index is 13.0. The van der Waals surface area contributed by atoms with Gasteiger partial charge in [0.15, 0.2) is 0 Å². The molecule has 2 aliphatic rings. The smallest absolute Gasteiger partial charge is 0.405 e. The lowest BCUT2D eigenvalue weighted by Gasteiger charge is -2.33. The average molecular weight is 483 g/mol. The summed E-state index contributed by atoms with van der Waals surface area (Å²) < 4.78 is 54.9. The minimum absolute atomic E-state index is 0.0149. The number of hydrogen-bond acceptors (Lipinski definition) is 6. The van der Waals surface area contributed by atoms with E-state index in [0.29, 0.717) is 22.6 Å². The van der Waals surface area contributed by atoms with Gasteiger partial charge in [-0.3, -0.25) is 0 Å². The van der Waals surface area contributed by atoms with E-state index in [1.165, 1.54) is 12.1 Å². The zero-order valence-corrected chi connectivity index (χ0v) is 18.9. The van der Waals surface area contributed by atoms with Crippen LogP contribution in [0.1, 0.15) is 48.5 Å². The molecular formula is C26H24F3N3O3. The number of anilines is 1. The SMILES string of the molecule is N#Cc1ccc(N2CCC(OCc3c(-c4ccccc4OC(F)(F)F)noc3C3CC3)CC2)cc1. The summed E-state index contributed by atoms with van der Waals surface area (Å²) in [6.07, 6.45) is -1.24. The van der Waals surface area contributed by atoms with Crippen LogP contribution in [0, 0.1) is 11.3 Å². The van der Waals surface area contributed by atoms with Crippen molar-refractivity contribution in [2.24, 2.45) is 0 Å². The molecule has 182 valence electrons. The Morgan fingerprint density at radius 2 is 1.74 bits per heavy atom. The van der Waals surface area contributed by atoms with Gasteiger partial charge in [-0.25, -0.2) is 0 Å². The molecule has 0 unspecified atom stereocenters. The molecule has 0 spiro atoms. The highest BCUT2D eigenvalue weighted by atomic mass is 19.4. The van der Waals surface area contributed by atoms with Crippen molar-refractivity contribution in [1.82, 2.24) is 5.16 Å². The summed E-state index contributed by atoms with van der Waals surface area (Å²) >= 11 is 0. The van der Waals surface area contributed by atoms with Crippen LogP contribution in [-0.2, 0) is 11.3 Å². The average Bonchev–Trinajstić information content (AvgIpc) is 3.62. The van der Waals surface area contributed by atoms with Gasteiger partial charge >= 0.3 is 6.36 Å². The fraction of sp³-hybridized carbons (Fsp3) is 0.385. The lowest BCUT2D eigenvalue weighted by molar-refractivity contribution is -0.274. The van der Waals surface area contributed by atoms with Gasteiger partial charge in [-0.05, 0) is 62.1 Å². The first-order chi connectivity index (χ1) is 16.9. The third-order valence-electron chi connectivity index (χ3n) is 6.40. The van der Waals surface area contributed by atoms with Crippen LogP contribution < -0.4 is 9.64 Å². The van der Waals surface area contributed by atoms with E-state index in [-0.39, 0.29) is 29.9 Å². The van der Waals surface area contributed by atoms with Crippen LogP contribution in [0.15, 0.2) is 53.1 Å². The second-order valence-electron chi connectivity index (χ2n) is 8.85. The molecule has 1 aliphatic carbocycles. The lowest BCUT2D eigenvalue weighted by Crippen LogP contribution is -2.37. The van der Waals surface area contributed by atoms with E-state index in [1.54, 1.807) is 12.1 Å². The Balaban J connectivity index is 1.28. The monoisotopic (exact) mass is 483 g/mol.